The molecule has 0 spiro atoms. The SMILES string of the molecule is CCCC[N+](CCCC)(CCCC)CCCC.CCCC[N+](CCCC)(CCCC)CCCC.CCCC[N+](CCCC)(CCCC)CCCC.F[B-](F)(F)F.F[B-](F)(F)F.F[B-](F)(F)F. The van der Waals surface area contributed by atoms with E-state index in [1.165, 1.54) is 246 Å². The fourth-order valence-electron chi connectivity index (χ4n) is 7.93. The maximum atomic E-state index is 9.75. The van der Waals surface area contributed by atoms with Crippen molar-refractivity contribution < 1.29 is 65.2 Å². The van der Waals surface area contributed by atoms with Crippen LogP contribution in [0, 0.1) is 0 Å². The summed E-state index contributed by atoms with van der Waals surface area (Å²) < 4.78 is 121. The van der Waals surface area contributed by atoms with Gasteiger partial charge in [0, 0.05) is 0 Å². The summed E-state index contributed by atoms with van der Waals surface area (Å²) in [6.45, 7) is 45.1. The molecule has 0 atom stereocenters. The minimum Gasteiger partial charge on any atom is -0.418 e. The molecule has 0 aliphatic heterocycles. The highest BCUT2D eigenvalue weighted by molar-refractivity contribution is 6.50. The summed E-state index contributed by atoms with van der Waals surface area (Å²) in [7, 11) is -18.0. The van der Waals surface area contributed by atoms with Gasteiger partial charge in [0.15, 0.2) is 0 Å². The molecule has 66 heavy (non-hydrogen) atoms. The van der Waals surface area contributed by atoms with E-state index >= 15 is 0 Å². The number of rotatable bonds is 36. The van der Waals surface area contributed by atoms with Crippen molar-refractivity contribution in [1.82, 2.24) is 0 Å². The van der Waals surface area contributed by atoms with E-state index in [2.05, 4.69) is 83.1 Å². The second-order valence-electron chi connectivity index (χ2n) is 18.4. The molecule has 3 nitrogen and oxygen atoms in total. The van der Waals surface area contributed by atoms with Crippen molar-refractivity contribution >= 4 is 21.8 Å². The quantitative estimate of drug-likeness (QED) is 0.0333. The highest BCUT2D eigenvalue weighted by Crippen LogP contribution is 2.19. The molecule has 0 amide bonds. The van der Waals surface area contributed by atoms with Crippen LogP contribution >= 0.6 is 0 Å². The summed E-state index contributed by atoms with van der Waals surface area (Å²) in [6, 6.07) is 0. The van der Waals surface area contributed by atoms with E-state index in [0.717, 1.165) is 0 Å². The average Bonchev–Trinajstić information content (AvgIpc) is 3.23. The van der Waals surface area contributed by atoms with E-state index in [0.29, 0.717) is 0 Å². The maximum Gasteiger partial charge on any atom is 0.673 e. The lowest BCUT2D eigenvalue weighted by atomic mass is 10.1. The fraction of sp³-hybridized carbons (Fsp3) is 1.00. The molecule has 0 N–H and O–H groups in total. The van der Waals surface area contributed by atoms with Crippen LogP contribution in [0.15, 0.2) is 0 Å². The van der Waals surface area contributed by atoms with Gasteiger partial charge in [-0.05, 0) is 77.0 Å². The third kappa shape index (κ3) is 69.8. The van der Waals surface area contributed by atoms with Crippen LogP contribution in [0.1, 0.15) is 237 Å². The van der Waals surface area contributed by atoms with Gasteiger partial charge in [0.25, 0.3) is 0 Å². The monoisotopic (exact) mass is 988 g/mol. The second kappa shape index (κ2) is 50.6. The van der Waals surface area contributed by atoms with Gasteiger partial charge in [-0.2, -0.15) is 0 Å². The van der Waals surface area contributed by atoms with E-state index in [9.17, 15) is 51.8 Å². The Morgan fingerprint density at radius 3 is 0.288 bits per heavy atom. The fourth-order valence-corrected chi connectivity index (χ4v) is 7.93. The molecule has 0 saturated carbocycles. The van der Waals surface area contributed by atoms with Crippen molar-refractivity contribution in [3.05, 3.63) is 0 Å². The Kier molecular flexibility index (Phi) is 58.8. The van der Waals surface area contributed by atoms with Crippen LogP contribution in [-0.2, 0) is 0 Å². The molecule has 0 radical (unpaired) electrons. The van der Waals surface area contributed by atoms with Gasteiger partial charge in [-0.3, -0.25) is 0 Å². The summed E-state index contributed by atoms with van der Waals surface area (Å²) in [4.78, 5) is 0. The van der Waals surface area contributed by atoms with Crippen LogP contribution in [-0.4, -0.2) is 114 Å². The Morgan fingerprint density at radius 1 is 0.182 bits per heavy atom. The van der Waals surface area contributed by atoms with Gasteiger partial charge in [0.05, 0.1) is 78.5 Å². The summed E-state index contributed by atoms with van der Waals surface area (Å²) in [6.07, 6.45) is 33.2. The summed E-state index contributed by atoms with van der Waals surface area (Å²) in [5, 5.41) is 0. The molecular weight excluding hydrogens is 879 g/mol. The number of nitrogens with zero attached hydrogens (tertiary/aromatic N) is 3. The Morgan fingerprint density at radius 2 is 0.242 bits per heavy atom. The number of quaternary nitrogens is 3. The minimum absolute atomic E-state index is 1.35. The number of hydrogen-bond acceptors (Lipinski definition) is 0. The van der Waals surface area contributed by atoms with Crippen molar-refractivity contribution in [2.45, 2.75) is 237 Å². The third-order valence-electron chi connectivity index (χ3n) is 11.8. The van der Waals surface area contributed by atoms with Gasteiger partial charge >= 0.3 is 21.8 Å². The summed E-state index contributed by atoms with van der Waals surface area (Å²) in [5.74, 6) is 0. The first-order chi connectivity index (χ1) is 30.7. The molecule has 0 fully saturated rings. The second-order valence-corrected chi connectivity index (χ2v) is 18.4. The molecule has 408 valence electrons. The molecule has 0 aromatic carbocycles. The van der Waals surface area contributed by atoms with Crippen molar-refractivity contribution in [2.24, 2.45) is 0 Å². The molecular formula is C48H108B3F12N3. The van der Waals surface area contributed by atoms with Gasteiger partial charge in [-0.25, -0.2) is 0 Å². The highest BCUT2D eigenvalue weighted by Gasteiger charge is 2.27. The lowest BCUT2D eigenvalue weighted by molar-refractivity contribution is -0.929. The first-order valence-electron chi connectivity index (χ1n) is 26.9. The Balaban J connectivity index is -0.000000176. The standard InChI is InChI=1S/3C16H36N.3BF4/c3*1-5-9-13-17(14-10-6-2,15-11-7-3)16-12-8-4;3*2-1(3,4)5/h3*5-16H2,1-4H3;;;/q3*+1;3*-1. The smallest absolute Gasteiger partial charge is 0.418 e. The maximum absolute atomic E-state index is 9.75. The molecule has 0 rings (SSSR count). The molecule has 0 saturated heterocycles. The minimum atomic E-state index is -6.00. The number of halogens is 12. The molecule has 0 bridgehead atoms. The molecule has 0 aliphatic rings. The molecule has 0 aromatic rings. The Bertz CT molecular complexity index is 688. The first kappa shape index (κ1) is 76.7. The summed E-state index contributed by atoms with van der Waals surface area (Å²) in [5.41, 5.74) is 0. The summed E-state index contributed by atoms with van der Waals surface area (Å²) >= 11 is 0. The zero-order chi connectivity index (χ0) is 52.5. The van der Waals surface area contributed by atoms with Crippen molar-refractivity contribution in [2.75, 3.05) is 78.5 Å². The molecule has 18 heteroatoms. The topological polar surface area (TPSA) is 0 Å². The van der Waals surface area contributed by atoms with Gasteiger partial charge in [-0.1, -0.05) is 160 Å². The molecule has 0 aliphatic carbocycles. The molecule has 0 aromatic heterocycles. The van der Waals surface area contributed by atoms with Crippen LogP contribution < -0.4 is 0 Å². The highest BCUT2D eigenvalue weighted by atomic mass is 19.5. The van der Waals surface area contributed by atoms with E-state index in [4.69, 9.17) is 0 Å². The Hall–Kier alpha value is -0.765. The van der Waals surface area contributed by atoms with Crippen LogP contribution in [0.3, 0.4) is 0 Å². The molecule has 0 unspecified atom stereocenters. The van der Waals surface area contributed by atoms with E-state index in [-0.39, 0.29) is 0 Å². The zero-order valence-corrected chi connectivity index (χ0v) is 45.1. The number of unbranched alkanes of at least 4 members (excludes halogenated alkanes) is 12. The lowest BCUT2D eigenvalue weighted by Gasteiger charge is -2.39. The lowest BCUT2D eigenvalue weighted by Crippen LogP contribution is -2.50. The zero-order valence-electron chi connectivity index (χ0n) is 45.1. The van der Waals surface area contributed by atoms with Crippen molar-refractivity contribution in [1.29, 1.82) is 0 Å². The van der Waals surface area contributed by atoms with E-state index in [1.807, 2.05) is 0 Å². The normalized spacial score (nSPS) is 12.0. The van der Waals surface area contributed by atoms with E-state index < -0.39 is 21.8 Å². The van der Waals surface area contributed by atoms with Crippen LogP contribution in [0.2, 0.25) is 0 Å². The van der Waals surface area contributed by atoms with E-state index in [1.54, 1.807) is 0 Å². The van der Waals surface area contributed by atoms with Gasteiger partial charge in [-0.15, -0.1) is 0 Å². The van der Waals surface area contributed by atoms with Crippen LogP contribution in [0.25, 0.3) is 0 Å². The van der Waals surface area contributed by atoms with Gasteiger partial charge < -0.3 is 65.2 Å². The van der Waals surface area contributed by atoms with Crippen LogP contribution in [0.4, 0.5) is 51.8 Å². The van der Waals surface area contributed by atoms with Gasteiger partial charge in [0.1, 0.15) is 0 Å². The average molecular weight is 988 g/mol. The first-order valence-corrected chi connectivity index (χ1v) is 26.9. The predicted molar refractivity (Wildman–Crippen MR) is 269 cm³/mol. The predicted octanol–water partition coefficient (Wildman–Crippen LogP) is 18.9. The molecule has 0 heterocycles. The van der Waals surface area contributed by atoms with Gasteiger partial charge in [0.2, 0.25) is 0 Å². The largest absolute Gasteiger partial charge is 0.673 e. The van der Waals surface area contributed by atoms with Crippen molar-refractivity contribution in [3.63, 3.8) is 0 Å². The Labute approximate surface area is 401 Å². The number of hydrogen-bond donors (Lipinski definition) is 0. The van der Waals surface area contributed by atoms with Crippen molar-refractivity contribution in [3.8, 4) is 0 Å². The third-order valence-corrected chi connectivity index (χ3v) is 11.8. The van der Waals surface area contributed by atoms with Crippen LogP contribution in [0.5, 0.6) is 0 Å².